The molecule has 2 aromatic carbocycles. The van der Waals surface area contributed by atoms with E-state index in [9.17, 15) is 24.0 Å². The maximum absolute atomic E-state index is 12.9. The smallest absolute Gasteiger partial charge is 0.319 e. The molecule has 1 atom stereocenters. The molecule has 2 aromatic rings. The van der Waals surface area contributed by atoms with Gasteiger partial charge in [-0.2, -0.15) is 0 Å². The highest BCUT2D eigenvalue weighted by molar-refractivity contribution is 6.23. The number of amides is 6. The van der Waals surface area contributed by atoms with Crippen LogP contribution in [0.2, 0.25) is 0 Å². The molecule has 0 spiro atoms. The van der Waals surface area contributed by atoms with Crippen LogP contribution in [0, 0.1) is 0 Å². The fourth-order valence-electron chi connectivity index (χ4n) is 3.79. The molecule has 0 bridgehead atoms. The van der Waals surface area contributed by atoms with Gasteiger partial charge in [0, 0.05) is 31.9 Å². The molecule has 1 fully saturated rings. The van der Waals surface area contributed by atoms with Crippen LogP contribution in [-0.4, -0.2) is 53.9 Å². The molecule has 6 amide bonds. The normalized spacial score (nSPS) is 17.8. The quantitative estimate of drug-likeness (QED) is 0.471. The van der Waals surface area contributed by atoms with Crippen LogP contribution in [0.4, 0.5) is 10.5 Å². The summed E-state index contributed by atoms with van der Waals surface area (Å²) in [5, 5.41) is 7.58. The number of hydrogen-bond donors (Lipinski definition) is 3. The van der Waals surface area contributed by atoms with Gasteiger partial charge in [-0.1, -0.05) is 18.2 Å². The van der Waals surface area contributed by atoms with Gasteiger partial charge < -0.3 is 10.6 Å². The lowest BCUT2D eigenvalue weighted by molar-refractivity contribution is -0.136. The van der Waals surface area contributed by atoms with Gasteiger partial charge in [0.2, 0.25) is 11.8 Å². The van der Waals surface area contributed by atoms with Crippen LogP contribution >= 0.6 is 0 Å². The average Bonchev–Trinajstić information content (AvgIpc) is 3.04. The maximum atomic E-state index is 12.9. The SMILES string of the molecule is C/N=C\c1ccc(NC(=O)NCc2ccc3c(c2)C(=O)N(C2CCC(=O)NC2=O)C3=O)cc1. The van der Waals surface area contributed by atoms with Crippen LogP contribution < -0.4 is 16.0 Å². The Kier molecular flexibility index (Phi) is 5.99. The number of carbonyl (C=O) groups is 5. The molecule has 4 rings (SSSR count). The summed E-state index contributed by atoms with van der Waals surface area (Å²) in [6.07, 6.45) is 1.85. The molecule has 0 radical (unpaired) electrons. The Morgan fingerprint density at radius 3 is 2.52 bits per heavy atom. The summed E-state index contributed by atoms with van der Waals surface area (Å²) in [5.74, 6) is -2.25. The monoisotopic (exact) mass is 447 g/mol. The second-order valence-corrected chi connectivity index (χ2v) is 7.64. The fourth-order valence-corrected chi connectivity index (χ4v) is 3.79. The molecule has 0 saturated carbocycles. The average molecular weight is 447 g/mol. The molecule has 0 aliphatic carbocycles. The van der Waals surface area contributed by atoms with Gasteiger partial charge in [-0.15, -0.1) is 0 Å². The molecule has 3 N–H and O–H groups in total. The third-order valence-corrected chi connectivity index (χ3v) is 5.40. The van der Waals surface area contributed by atoms with E-state index in [1.165, 1.54) is 12.1 Å². The van der Waals surface area contributed by atoms with E-state index in [4.69, 9.17) is 0 Å². The molecule has 1 saturated heterocycles. The topological polar surface area (TPSA) is 137 Å². The largest absolute Gasteiger partial charge is 0.334 e. The molecule has 2 heterocycles. The van der Waals surface area contributed by atoms with E-state index >= 15 is 0 Å². The van der Waals surface area contributed by atoms with E-state index in [0.717, 1.165) is 10.5 Å². The van der Waals surface area contributed by atoms with Crippen molar-refractivity contribution < 1.29 is 24.0 Å². The number of anilines is 1. The number of fused-ring (bicyclic) bond motifs is 1. The lowest BCUT2D eigenvalue weighted by Crippen LogP contribution is -2.54. The van der Waals surface area contributed by atoms with Crippen molar-refractivity contribution in [3.8, 4) is 0 Å². The van der Waals surface area contributed by atoms with Gasteiger partial charge in [0.15, 0.2) is 0 Å². The van der Waals surface area contributed by atoms with E-state index in [2.05, 4.69) is 20.9 Å². The van der Waals surface area contributed by atoms with E-state index in [0.29, 0.717) is 11.3 Å². The fraction of sp³-hybridized carbons (Fsp3) is 0.217. The van der Waals surface area contributed by atoms with Gasteiger partial charge in [0.05, 0.1) is 11.1 Å². The third-order valence-electron chi connectivity index (χ3n) is 5.40. The van der Waals surface area contributed by atoms with Crippen molar-refractivity contribution in [3.63, 3.8) is 0 Å². The second kappa shape index (κ2) is 9.03. The number of nitrogens with one attached hydrogen (secondary N) is 3. The van der Waals surface area contributed by atoms with Crippen molar-refractivity contribution in [1.82, 2.24) is 15.5 Å². The summed E-state index contributed by atoms with van der Waals surface area (Å²) in [6, 6.07) is 10.4. The van der Waals surface area contributed by atoms with E-state index in [1.807, 2.05) is 12.1 Å². The van der Waals surface area contributed by atoms with Crippen LogP contribution in [0.25, 0.3) is 0 Å². The Morgan fingerprint density at radius 1 is 1.09 bits per heavy atom. The summed E-state index contributed by atoms with van der Waals surface area (Å²) < 4.78 is 0. The first-order valence-electron chi connectivity index (χ1n) is 10.3. The predicted molar refractivity (Wildman–Crippen MR) is 119 cm³/mol. The highest BCUT2D eigenvalue weighted by Crippen LogP contribution is 2.28. The number of piperidine rings is 1. The standard InChI is InChI=1S/C23H21N5O5/c1-24-11-13-2-5-15(6-3-13)26-23(33)25-12-14-4-7-16-17(10-14)22(32)28(21(16)31)18-8-9-19(29)27-20(18)30/h2-7,10-11,18H,8-9,12H2,1H3,(H2,25,26,33)(H,27,29,30)/b24-11-. The number of carbonyl (C=O) groups excluding carboxylic acids is 5. The maximum Gasteiger partial charge on any atom is 0.319 e. The number of aliphatic imine (C=N–C) groups is 1. The minimum atomic E-state index is -1.02. The molecule has 33 heavy (non-hydrogen) atoms. The lowest BCUT2D eigenvalue weighted by Gasteiger charge is -2.27. The zero-order valence-electron chi connectivity index (χ0n) is 17.8. The van der Waals surface area contributed by atoms with Crippen LogP contribution in [-0.2, 0) is 16.1 Å². The lowest BCUT2D eigenvalue weighted by atomic mass is 10.0. The zero-order chi connectivity index (χ0) is 23.5. The first-order valence-corrected chi connectivity index (χ1v) is 10.3. The molecule has 10 nitrogen and oxygen atoms in total. The molecule has 1 unspecified atom stereocenters. The van der Waals surface area contributed by atoms with Crippen molar-refractivity contribution in [2.24, 2.45) is 4.99 Å². The molecule has 10 heteroatoms. The Labute approximate surface area is 189 Å². The number of benzene rings is 2. The van der Waals surface area contributed by atoms with Crippen LogP contribution in [0.1, 0.15) is 44.7 Å². The molecule has 0 aromatic heterocycles. The van der Waals surface area contributed by atoms with Gasteiger partial charge >= 0.3 is 6.03 Å². The molecular weight excluding hydrogens is 426 g/mol. The summed E-state index contributed by atoms with van der Waals surface area (Å²) in [5.41, 5.74) is 2.48. The third kappa shape index (κ3) is 4.49. The van der Waals surface area contributed by atoms with E-state index in [-0.39, 0.29) is 30.5 Å². The number of imide groups is 2. The van der Waals surface area contributed by atoms with Gasteiger partial charge in [-0.25, -0.2) is 4.79 Å². The van der Waals surface area contributed by atoms with Crippen LogP contribution in [0.3, 0.4) is 0 Å². The molecule has 168 valence electrons. The second-order valence-electron chi connectivity index (χ2n) is 7.64. The number of rotatable bonds is 5. The van der Waals surface area contributed by atoms with Gasteiger partial charge in [0.25, 0.3) is 11.8 Å². The number of hydrogen-bond acceptors (Lipinski definition) is 6. The minimum absolute atomic E-state index is 0.0585. The summed E-state index contributed by atoms with van der Waals surface area (Å²) in [7, 11) is 1.68. The zero-order valence-corrected chi connectivity index (χ0v) is 17.8. The Balaban J connectivity index is 1.40. The van der Waals surface area contributed by atoms with Gasteiger partial charge in [0.1, 0.15) is 6.04 Å². The van der Waals surface area contributed by atoms with Crippen molar-refractivity contribution in [2.75, 3.05) is 12.4 Å². The van der Waals surface area contributed by atoms with E-state index < -0.39 is 35.7 Å². The van der Waals surface area contributed by atoms with Crippen molar-refractivity contribution in [1.29, 1.82) is 0 Å². The number of urea groups is 1. The Morgan fingerprint density at radius 2 is 1.82 bits per heavy atom. The summed E-state index contributed by atoms with van der Waals surface area (Å²) >= 11 is 0. The van der Waals surface area contributed by atoms with Gasteiger partial charge in [-0.3, -0.25) is 34.4 Å². The van der Waals surface area contributed by atoms with Crippen molar-refractivity contribution in [3.05, 3.63) is 64.7 Å². The summed E-state index contributed by atoms with van der Waals surface area (Å²) in [4.78, 5) is 66.2. The molecule has 2 aliphatic heterocycles. The first-order chi connectivity index (χ1) is 15.9. The van der Waals surface area contributed by atoms with Crippen molar-refractivity contribution in [2.45, 2.75) is 25.4 Å². The van der Waals surface area contributed by atoms with Crippen LogP contribution in [0.15, 0.2) is 47.5 Å². The van der Waals surface area contributed by atoms with Crippen LogP contribution in [0.5, 0.6) is 0 Å². The van der Waals surface area contributed by atoms with Crippen molar-refractivity contribution >= 4 is 41.6 Å². The minimum Gasteiger partial charge on any atom is -0.334 e. The highest BCUT2D eigenvalue weighted by Gasteiger charge is 2.44. The first kappa shape index (κ1) is 21.9. The van der Waals surface area contributed by atoms with E-state index in [1.54, 1.807) is 31.5 Å². The Hall–Kier alpha value is -4.34. The van der Waals surface area contributed by atoms with Gasteiger partial charge in [-0.05, 0) is 41.8 Å². The summed E-state index contributed by atoms with van der Waals surface area (Å²) in [6.45, 7) is 0.125. The predicted octanol–water partition coefficient (Wildman–Crippen LogP) is 1.46. The Bertz CT molecular complexity index is 1190. The number of nitrogens with zero attached hydrogens (tertiary/aromatic N) is 2. The molecule has 2 aliphatic rings. The molecular formula is C23H21N5O5. The highest BCUT2D eigenvalue weighted by atomic mass is 16.2.